The molecule has 26 heavy (non-hydrogen) atoms. The Kier molecular flexibility index (Phi) is 5.18. The maximum Gasteiger partial charge on any atom is 0.270 e. The van der Waals surface area contributed by atoms with E-state index in [1.54, 1.807) is 30.2 Å². The van der Waals surface area contributed by atoms with Gasteiger partial charge < -0.3 is 14.7 Å². The molecule has 0 saturated carbocycles. The van der Waals surface area contributed by atoms with Crippen LogP contribution in [0.2, 0.25) is 0 Å². The van der Waals surface area contributed by atoms with Crippen molar-refractivity contribution in [3.8, 4) is 16.9 Å². The maximum absolute atomic E-state index is 12.1. The van der Waals surface area contributed by atoms with E-state index >= 15 is 0 Å². The number of hydrogen-bond acceptors (Lipinski definition) is 5. The third-order valence-corrected chi connectivity index (χ3v) is 4.65. The van der Waals surface area contributed by atoms with E-state index in [1.807, 2.05) is 12.1 Å². The number of carbonyl (C=O) groups excluding carboxylic acids is 1. The highest BCUT2D eigenvalue weighted by Gasteiger charge is 2.30. The second-order valence-corrected chi connectivity index (χ2v) is 6.24. The first-order valence-electron chi connectivity index (χ1n) is 8.35. The average Bonchev–Trinajstić information content (AvgIpc) is 3.01. The molecular weight excluding hydrogens is 336 g/mol. The molecule has 2 aromatic rings. The maximum atomic E-state index is 12.1. The monoisotopic (exact) mass is 356 g/mol. The number of benzene rings is 2. The van der Waals surface area contributed by atoms with E-state index in [0.717, 1.165) is 11.1 Å². The predicted octanol–water partition coefficient (Wildman–Crippen LogP) is 2.75. The van der Waals surface area contributed by atoms with Gasteiger partial charge in [0.15, 0.2) is 0 Å². The zero-order valence-electron chi connectivity index (χ0n) is 14.4. The summed E-state index contributed by atoms with van der Waals surface area (Å²) in [5.41, 5.74) is 2.27. The number of non-ortho nitro benzene ring substituents is 1. The molecule has 1 amide bonds. The van der Waals surface area contributed by atoms with Gasteiger partial charge in [0.2, 0.25) is 5.91 Å². The number of nitrogens with zero attached hydrogens (tertiary/aromatic N) is 2. The Morgan fingerprint density at radius 2 is 2.12 bits per heavy atom. The van der Waals surface area contributed by atoms with Crippen LogP contribution in [-0.2, 0) is 11.3 Å². The number of nitro benzene ring substituents is 1. The lowest BCUT2D eigenvalue weighted by Gasteiger charge is -2.23. The third-order valence-electron chi connectivity index (χ3n) is 4.65. The van der Waals surface area contributed by atoms with Gasteiger partial charge in [-0.1, -0.05) is 18.2 Å². The van der Waals surface area contributed by atoms with Crippen LogP contribution in [0.5, 0.6) is 5.75 Å². The molecule has 1 heterocycles. The summed E-state index contributed by atoms with van der Waals surface area (Å²) in [5, 5.41) is 20.5. The Morgan fingerprint density at radius 3 is 2.81 bits per heavy atom. The summed E-state index contributed by atoms with van der Waals surface area (Å²) < 4.78 is 5.40. The highest BCUT2D eigenvalue weighted by molar-refractivity contribution is 5.79. The minimum atomic E-state index is -0.436. The van der Waals surface area contributed by atoms with E-state index in [0.29, 0.717) is 30.7 Å². The number of aliphatic hydroxyl groups is 1. The molecule has 7 nitrogen and oxygen atoms in total. The lowest BCUT2D eigenvalue weighted by atomic mass is 10.0. The molecule has 1 aliphatic rings. The van der Waals surface area contributed by atoms with Crippen LogP contribution in [0.4, 0.5) is 5.69 Å². The molecule has 1 atom stereocenters. The molecule has 1 saturated heterocycles. The van der Waals surface area contributed by atoms with Crippen molar-refractivity contribution in [2.45, 2.75) is 25.4 Å². The molecule has 1 N–H and O–H groups in total. The van der Waals surface area contributed by atoms with E-state index < -0.39 is 4.92 Å². The van der Waals surface area contributed by atoms with Crippen molar-refractivity contribution in [2.24, 2.45) is 0 Å². The number of methoxy groups -OCH3 is 1. The number of amides is 1. The van der Waals surface area contributed by atoms with E-state index in [4.69, 9.17) is 4.74 Å². The zero-order valence-corrected chi connectivity index (χ0v) is 14.4. The highest BCUT2D eigenvalue weighted by Crippen LogP contribution is 2.33. The van der Waals surface area contributed by atoms with Crippen LogP contribution in [0.1, 0.15) is 18.4 Å². The molecule has 3 rings (SSSR count). The summed E-state index contributed by atoms with van der Waals surface area (Å²) in [7, 11) is 1.54. The first-order valence-corrected chi connectivity index (χ1v) is 8.35. The largest absolute Gasteiger partial charge is 0.496 e. The Morgan fingerprint density at radius 1 is 1.31 bits per heavy atom. The Balaban J connectivity index is 1.95. The molecule has 0 unspecified atom stereocenters. The van der Waals surface area contributed by atoms with Crippen LogP contribution in [-0.4, -0.2) is 40.6 Å². The van der Waals surface area contributed by atoms with Gasteiger partial charge in [-0.05, 0) is 29.7 Å². The number of likely N-dealkylation sites (tertiary alicyclic amines) is 1. The summed E-state index contributed by atoms with van der Waals surface area (Å²) in [6, 6.07) is 11.7. The molecule has 0 aliphatic carbocycles. The molecule has 0 aromatic heterocycles. The Labute approximate surface area is 151 Å². The van der Waals surface area contributed by atoms with Gasteiger partial charge in [0, 0.05) is 30.7 Å². The highest BCUT2D eigenvalue weighted by atomic mass is 16.6. The van der Waals surface area contributed by atoms with Gasteiger partial charge in [-0.3, -0.25) is 14.9 Å². The van der Waals surface area contributed by atoms with Gasteiger partial charge in [0.25, 0.3) is 5.69 Å². The SMILES string of the molecule is COc1ccc(CN2C(=O)CC[C@H]2CO)cc1-c1cccc([N+](=O)[O-])c1. The van der Waals surface area contributed by atoms with Crippen LogP contribution < -0.4 is 4.74 Å². The first kappa shape index (κ1) is 17.9. The van der Waals surface area contributed by atoms with Crippen molar-refractivity contribution in [1.82, 2.24) is 4.90 Å². The number of rotatable bonds is 6. The van der Waals surface area contributed by atoms with Gasteiger partial charge >= 0.3 is 0 Å². The summed E-state index contributed by atoms with van der Waals surface area (Å²) in [6.45, 7) is 0.329. The van der Waals surface area contributed by atoms with E-state index in [2.05, 4.69) is 0 Å². The van der Waals surface area contributed by atoms with Crippen molar-refractivity contribution in [2.75, 3.05) is 13.7 Å². The molecule has 1 fully saturated rings. The molecule has 1 aliphatic heterocycles. The summed E-state index contributed by atoms with van der Waals surface area (Å²) in [6.07, 6.45) is 1.10. The van der Waals surface area contributed by atoms with Gasteiger partial charge in [-0.2, -0.15) is 0 Å². The second kappa shape index (κ2) is 7.53. The smallest absolute Gasteiger partial charge is 0.270 e. The Hall–Kier alpha value is -2.93. The van der Waals surface area contributed by atoms with Gasteiger partial charge in [0.1, 0.15) is 5.75 Å². The molecule has 136 valence electrons. The summed E-state index contributed by atoms with van der Waals surface area (Å²) in [5.74, 6) is 0.623. The lowest BCUT2D eigenvalue weighted by molar-refractivity contribution is -0.384. The standard InChI is InChI=1S/C19H20N2O5/c1-26-18-7-5-13(11-20-16(12-22)6-8-19(20)23)9-17(18)14-3-2-4-15(10-14)21(24)25/h2-5,7,9-10,16,22H,6,8,11-12H2,1H3/t16-/m0/s1. The number of aliphatic hydroxyl groups excluding tert-OH is 1. The van der Waals surface area contributed by atoms with Crippen molar-refractivity contribution in [3.63, 3.8) is 0 Å². The molecule has 0 spiro atoms. The minimum absolute atomic E-state index is 0.00465. The number of nitro groups is 1. The first-order chi connectivity index (χ1) is 12.5. The normalized spacial score (nSPS) is 16.8. The van der Waals surface area contributed by atoms with E-state index in [1.165, 1.54) is 12.1 Å². The molecule has 7 heteroatoms. The topological polar surface area (TPSA) is 92.9 Å². The van der Waals surface area contributed by atoms with Crippen LogP contribution in [0.25, 0.3) is 11.1 Å². The lowest BCUT2D eigenvalue weighted by Crippen LogP contribution is -2.34. The van der Waals surface area contributed by atoms with Crippen molar-refractivity contribution in [3.05, 3.63) is 58.1 Å². The van der Waals surface area contributed by atoms with Crippen LogP contribution in [0.3, 0.4) is 0 Å². The van der Waals surface area contributed by atoms with Crippen LogP contribution in [0.15, 0.2) is 42.5 Å². The number of ether oxygens (including phenoxy) is 1. The fourth-order valence-electron chi connectivity index (χ4n) is 3.26. The van der Waals surface area contributed by atoms with Crippen LogP contribution in [0, 0.1) is 10.1 Å². The molecular formula is C19H20N2O5. The number of hydrogen-bond donors (Lipinski definition) is 1. The molecule has 2 aromatic carbocycles. The van der Waals surface area contributed by atoms with Crippen molar-refractivity contribution >= 4 is 11.6 Å². The minimum Gasteiger partial charge on any atom is -0.496 e. The van der Waals surface area contributed by atoms with Gasteiger partial charge in [-0.15, -0.1) is 0 Å². The second-order valence-electron chi connectivity index (χ2n) is 6.24. The fourth-order valence-corrected chi connectivity index (χ4v) is 3.26. The summed E-state index contributed by atoms with van der Waals surface area (Å²) in [4.78, 5) is 24.4. The van der Waals surface area contributed by atoms with E-state index in [-0.39, 0.29) is 24.2 Å². The molecule has 0 radical (unpaired) electrons. The third kappa shape index (κ3) is 3.52. The van der Waals surface area contributed by atoms with Gasteiger partial charge in [-0.25, -0.2) is 0 Å². The van der Waals surface area contributed by atoms with Gasteiger partial charge in [0.05, 0.1) is 24.7 Å². The van der Waals surface area contributed by atoms with E-state index in [9.17, 15) is 20.0 Å². The predicted molar refractivity (Wildman–Crippen MR) is 95.7 cm³/mol. The quantitative estimate of drug-likeness (QED) is 0.634. The van der Waals surface area contributed by atoms with Crippen molar-refractivity contribution in [1.29, 1.82) is 0 Å². The van der Waals surface area contributed by atoms with Crippen molar-refractivity contribution < 1.29 is 19.6 Å². The zero-order chi connectivity index (χ0) is 18.7. The fraction of sp³-hybridized carbons (Fsp3) is 0.316. The van der Waals surface area contributed by atoms with Crippen LogP contribution >= 0.6 is 0 Å². The Bertz CT molecular complexity index is 836. The summed E-state index contributed by atoms with van der Waals surface area (Å²) >= 11 is 0. The molecule has 0 bridgehead atoms. The number of carbonyl (C=O) groups is 1. The average molecular weight is 356 g/mol.